The lowest BCUT2D eigenvalue weighted by Gasteiger charge is -2.29. The zero-order valence-electron chi connectivity index (χ0n) is 11.9. The van der Waals surface area contributed by atoms with Gasteiger partial charge >= 0.3 is 0 Å². The zero-order chi connectivity index (χ0) is 14.5. The summed E-state index contributed by atoms with van der Waals surface area (Å²) in [6, 6.07) is 3.86. The van der Waals surface area contributed by atoms with Gasteiger partial charge in [0.05, 0.1) is 19.3 Å². The van der Waals surface area contributed by atoms with Crippen LogP contribution >= 0.6 is 11.8 Å². The van der Waals surface area contributed by atoms with Crippen molar-refractivity contribution in [2.24, 2.45) is 0 Å². The summed E-state index contributed by atoms with van der Waals surface area (Å²) in [7, 11) is 0. The molecule has 7 heteroatoms. The number of thioether (sulfide) groups is 1. The molecular weight excluding hydrogens is 288 g/mol. The average Bonchev–Trinajstić information content (AvgIpc) is 3.08. The highest BCUT2D eigenvalue weighted by Crippen LogP contribution is 2.18. The molecule has 1 unspecified atom stereocenters. The van der Waals surface area contributed by atoms with E-state index in [4.69, 9.17) is 4.74 Å². The monoisotopic (exact) mass is 308 g/mol. The molecule has 0 saturated carbocycles. The fraction of sp³-hybridized carbons (Fsp3) is 0.571. The number of carbonyl (C=O) groups is 1. The van der Waals surface area contributed by atoms with Crippen LogP contribution in [0, 0.1) is 0 Å². The molecule has 2 aliphatic heterocycles. The summed E-state index contributed by atoms with van der Waals surface area (Å²) in [6.45, 7) is 3.66. The fourth-order valence-electron chi connectivity index (χ4n) is 2.50. The summed E-state index contributed by atoms with van der Waals surface area (Å²) in [5, 5.41) is 6.19. The molecule has 1 atom stereocenters. The Morgan fingerprint density at radius 1 is 1.52 bits per heavy atom. The zero-order valence-corrected chi connectivity index (χ0v) is 12.7. The number of aromatic nitrogens is 1. The quantitative estimate of drug-likeness (QED) is 0.828. The molecule has 0 aliphatic carbocycles. The van der Waals surface area contributed by atoms with Gasteiger partial charge in [-0.25, -0.2) is 4.98 Å². The van der Waals surface area contributed by atoms with E-state index in [1.807, 2.05) is 12.1 Å². The maximum Gasteiger partial charge on any atom is 0.238 e. The minimum Gasteiger partial charge on any atom is -0.378 e. The normalized spacial score (nSPS) is 22.3. The molecule has 1 aromatic rings. The first-order chi connectivity index (χ1) is 10.3. The predicted molar refractivity (Wildman–Crippen MR) is 83.4 cm³/mol. The minimum absolute atomic E-state index is 0.0665. The molecule has 2 saturated heterocycles. The van der Waals surface area contributed by atoms with Gasteiger partial charge in [0.1, 0.15) is 5.82 Å². The summed E-state index contributed by atoms with van der Waals surface area (Å²) in [4.78, 5) is 18.8. The van der Waals surface area contributed by atoms with E-state index in [0.29, 0.717) is 6.54 Å². The van der Waals surface area contributed by atoms with Crippen LogP contribution in [0.5, 0.6) is 0 Å². The van der Waals surface area contributed by atoms with Gasteiger partial charge in [-0.05, 0) is 6.07 Å². The first-order valence-electron chi connectivity index (χ1n) is 7.20. The van der Waals surface area contributed by atoms with E-state index in [9.17, 15) is 4.79 Å². The second kappa shape index (κ2) is 7.11. The molecule has 21 heavy (non-hydrogen) atoms. The van der Waals surface area contributed by atoms with Crippen molar-refractivity contribution >= 4 is 23.5 Å². The molecule has 114 valence electrons. The molecule has 2 aliphatic rings. The standard InChI is InChI=1S/C14H20N4O2S/c19-14(12-9-21-10-17-12)16-8-11-2-1-3-15-13(11)18-4-6-20-7-5-18/h1-3,12,17H,4-10H2,(H,16,19). The lowest BCUT2D eigenvalue weighted by atomic mass is 10.2. The van der Waals surface area contributed by atoms with Gasteiger partial charge in [-0.2, -0.15) is 0 Å². The topological polar surface area (TPSA) is 66.5 Å². The second-order valence-electron chi connectivity index (χ2n) is 5.08. The third-order valence-electron chi connectivity index (χ3n) is 3.66. The summed E-state index contributed by atoms with van der Waals surface area (Å²) >= 11 is 1.75. The van der Waals surface area contributed by atoms with Crippen molar-refractivity contribution < 1.29 is 9.53 Å². The van der Waals surface area contributed by atoms with Gasteiger partial charge in [-0.1, -0.05) is 6.07 Å². The number of carbonyl (C=O) groups excluding carboxylic acids is 1. The van der Waals surface area contributed by atoms with Gasteiger partial charge in [0, 0.05) is 43.0 Å². The highest BCUT2D eigenvalue weighted by molar-refractivity contribution is 7.99. The van der Waals surface area contributed by atoms with E-state index < -0.39 is 0 Å². The van der Waals surface area contributed by atoms with Crippen molar-refractivity contribution in [3.63, 3.8) is 0 Å². The number of hydrogen-bond acceptors (Lipinski definition) is 6. The van der Waals surface area contributed by atoms with Crippen molar-refractivity contribution in [3.8, 4) is 0 Å². The number of amides is 1. The van der Waals surface area contributed by atoms with Crippen molar-refractivity contribution in [1.82, 2.24) is 15.6 Å². The average molecular weight is 308 g/mol. The molecule has 0 radical (unpaired) electrons. The minimum atomic E-state index is -0.0708. The van der Waals surface area contributed by atoms with Crippen LogP contribution in [0.15, 0.2) is 18.3 Å². The fourth-order valence-corrected chi connectivity index (χ4v) is 3.44. The molecule has 2 fully saturated rings. The van der Waals surface area contributed by atoms with E-state index in [1.165, 1.54) is 0 Å². The molecule has 3 rings (SSSR count). The Bertz CT molecular complexity index is 488. The van der Waals surface area contributed by atoms with Crippen LogP contribution in [0.3, 0.4) is 0 Å². The maximum absolute atomic E-state index is 12.1. The smallest absolute Gasteiger partial charge is 0.238 e. The van der Waals surface area contributed by atoms with E-state index in [2.05, 4.69) is 20.5 Å². The van der Waals surface area contributed by atoms with Gasteiger partial charge in [0.25, 0.3) is 0 Å². The van der Waals surface area contributed by atoms with Gasteiger partial charge in [0.2, 0.25) is 5.91 Å². The number of ether oxygens (including phenoxy) is 1. The Balaban J connectivity index is 1.63. The highest BCUT2D eigenvalue weighted by Gasteiger charge is 2.23. The molecular formula is C14H20N4O2S. The second-order valence-corrected chi connectivity index (χ2v) is 6.11. The Labute approximate surface area is 128 Å². The maximum atomic E-state index is 12.1. The van der Waals surface area contributed by atoms with Gasteiger partial charge in [-0.15, -0.1) is 11.8 Å². The van der Waals surface area contributed by atoms with Crippen molar-refractivity contribution in [2.45, 2.75) is 12.6 Å². The Kier molecular flexibility index (Phi) is 4.95. The summed E-state index contributed by atoms with van der Waals surface area (Å²) < 4.78 is 5.38. The molecule has 0 aromatic carbocycles. The summed E-state index contributed by atoms with van der Waals surface area (Å²) in [5.41, 5.74) is 1.05. The number of morpholine rings is 1. The van der Waals surface area contributed by atoms with Gasteiger partial charge < -0.3 is 15.0 Å². The van der Waals surface area contributed by atoms with Gasteiger partial charge in [-0.3, -0.25) is 10.1 Å². The Hall–Kier alpha value is -1.31. The molecule has 3 heterocycles. The summed E-state index contributed by atoms with van der Waals surface area (Å²) in [5.74, 6) is 2.71. The van der Waals surface area contributed by atoms with Crippen LogP contribution in [-0.4, -0.2) is 54.9 Å². The number of nitrogens with zero attached hydrogens (tertiary/aromatic N) is 2. The Morgan fingerprint density at radius 3 is 3.14 bits per heavy atom. The van der Waals surface area contributed by atoms with Crippen LogP contribution in [0.25, 0.3) is 0 Å². The highest BCUT2D eigenvalue weighted by atomic mass is 32.2. The third kappa shape index (κ3) is 3.66. The number of nitrogens with one attached hydrogen (secondary N) is 2. The predicted octanol–water partition coefficient (Wildman–Crippen LogP) is 0.197. The molecule has 1 aromatic heterocycles. The Morgan fingerprint density at radius 2 is 2.38 bits per heavy atom. The molecule has 6 nitrogen and oxygen atoms in total. The summed E-state index contributed by atoms with van der Waals surface area (Å²) in [6.07, 6.45) is 1.80. The largest absolute Gasteiger partial charge is 0.378 e. The molecule has 1 amide bonds. The lowest BCUT2D eigenvalue weighted by molar-refractivity contribution is -0.122. The molecule has 0 bridgehead atoms. The number of hydrogen-bond donors (Lipinski definition) is 2. The molecule has 2 N–H and O–H groups in total. The van der Waals surface area contributed by atoms with Crippen LogP contribution < -0.4 is 15.5 Å². The van der Waals surface area contributed by atoms with Crippen LogP contribution in [0.1, 0.15) is 5.56 Å². The number of pyridine rings is 1. The van der Waals surface area contributed by atoms with Crippen LogP contribution in [0.2, 0.25) is 0 Å². The lowest BCUT2D eigenvalue weighted by Crippen LogP contribution is -2.42. The first kappa shape index (κ1) is 14.6. The molecule has 0 spiro atoms. The number of anilines is 1. The third-order valence-corrected chi connectivity index (χ3v) is 4.60. The van der Waals surface area contributed by atoms with E-state index >= 15 is 0 Å². The van der Waals surface area contributed by atoms with E-state index in [0.717, 1.165) is 49.3 Å². The van der Waals surface area contributed by atoms with Crippen LogP contribution in [0.4, 0.5) is 5.82 Å². The number of rotatable bonds is 4. The first-order valence-corrected chi connectivity index (χ1v) is 8.35. The van der Waals surface area contributed by atoms with Crippen molar-refractivity contribution in [3.05, 3.63) is 23.9 Å². The van der Waals surface area contributed by atoms with Crippen molar-refractivity contribution in [1.29, 1.82) is 0 Å². The van der Waals surface area contributed by atoms with E-state index in [-0.39, 0.29) is 11.9 Å². The van der Waals surface area contributed by atoms with Gasteiger partial charge in [0.15, 0.2) is 0 Å². The SMILES string of the molecule is O=C(NCc1cccnc1N1CCOCC1)C1CSCN1. The van der Waals surface area contributed by atoms with E-state index in [1.54, 1.807) is 18.0 Å². The van der Waals surface area contributed by atoms with Crippen LogP contribution in [-0.2, 0) is 16.1 Å². The van der Waals surface area contributed by atoms with Crippen molar-refractivity contribution in [2.75, 3.05) is 42.8 Å².